The molecule has 50 heavy (non-hydrogen) atoms. The lowest BCUT2D eigenvalue weighted by atomic mass is 9.86. The predicted molar refractivity (Wildman–Crippen MR) is 160 cm³/mol. The molecule has 2 fully saturated rings. The van der Waals surface area contributed by atoms with Crippen molar-refractivity contribution in [3.05, 3.63) is 39.2 Å². The Morgan fingerprint density at radius 1 is 0.760 bits per heavy atom. The van der Waals surface area contributed by atoms with Crippen molar-refractivity contribution in [1.29, 1.82) is 0 Å². The van der Waals surface area contributed by atoms with E-state index in [2.05, 4.69) is 0 Å². The van der Waals surface area contributed by atoms with E-state index in [0.29, 0.717) is 33.1 Å². The molecule has 2 heterocycles. The number of hydrogen-bond acceptors (Lipinski definition) is 9. The van der Waals surface area contributed by atoms with E-state index >= 15 is 0 Å². The van der Waals surface area contributed by atoms with Gasteiger partial charge in [0.2, 0.25) is 5.91 Å². The molecule has 278 valence electrons. The first-order chi connectivity index (χ1) is 22.8. The van der Waals surface area contributed by atoms with Crippen LogP contribution in [0.2, 0.25) is 0 Å². The second kappa shape index (κ2) is 13.1. The van der Waals surface area contributed by atoms with Crippen LogP contribution in [0.5, 0.6) is 28.7 Å². The van der Waals surface area contributed by atoms with Crippen LogP contribution >= 0.6 is 0 Å². The summed E-state index contributed by atoms with van der Waals surface area (Å²) in [5.74, 6) is -9.69. The molecule has 0 bridgehead atoms. The molecule has 2 aliphatic rings. The van der Waals surface area contributed by atoms with E-state index in [-0.39, 0.29) is 52.9 Å². The maximum absolute atomic E-state index is 14.7. The number of piperidine rings is 1. The lowest BCUT2D eigenvalue weighted by molar-refractivity contribution is -0.147. The van der Waals surface area contributed by atoms with E-state index in [4.69, 9.17) is 0 Å². The van der Waals surface area contributed by atoms with Crippen LogP contribution in [0.4, 0.5) is 35.5 Å². The number of likely N-dealkylation sites (tertiary alicyclic amines) is 1. The van der Waals surface area contributed by atoms with Crippen LogP contribution in [0.3, 0.4) is 0 Å². The largest absolute Gasteiger partial charge is 0.507 e. The van der Waals surface area contributed by atoms with Crippen molar-refractivity contribution in [3.63, 3.8) is 0 Å². The molecule has 3 amide bonds. The number of carbonyl (C=O) groups is 2. The molecular formula is C31H37F7N4O8. The number of phenols is 5. The summed E-state index contributed by atoms with van der Waals surface area (Å²) in [6, 6.07) is -2.87. The fraction of sp³-hybridized carbons (Fsp3) is 0.548. The van der Waals surface area contributed by atoms with Crippen molar-refractivity contribution in [2.75, 3.05) is 39.8 Å². The summed E-state index contributed by atoms with van der Waals surface area (Å²) >= 11 is 0. The molecule has 2 aromatic carbocycles. The van der Waals surface area contributed by atoms with Crippen LogP contribution in [0.25, 0.3) is 0 Å². The normalized spacial score (nSPS) is 20.5. The Morgan fingerprint density at radius 3 is 1.70 bits per heavy atom. The third kappa shape index (κ3) is 6.47. The van der Waals surface area contributed by atoms with Gasteiger partial charge in [-0.25, -0.2) is 9.18 Å². The Labute approximate surface area is 281 Å². The summed E-state index contributed by atoms with van der Waals surface area (Å²) in [5.41, 5.74) is -11.1. The zero-order valence-electron chi connectivity index (χ0n) is 27.5. The topological polar surface area (TPSA) is 168 Å². The number of phenolic OH excluding ortho intramolecular Hbond substituents is 5. The Morgan fingerprint density at radius 2 is 1.24 bits per heavy atom. The molecule has 4 rings (SSSR count). The fourth-order valence-corrected chi connectivity index (χ4v) is 6.79. The van der Waals surface area contributed by atoms with E-state index in [0.717, 1.165) is 18.9 Å². The predicted octanol–water partition coefficient (Wildman–Crippen LogP) is 4.59. The average Bonchev–Trinajstić information content (AvgIpc) is 3.00. The van der Waals surface area contributed by atoms with Crippen LogP contribution in [0.1, 0.15) is 66.1 Å². The quantitative estimate of drug-likeness (QED) is 0.150. The highest BCUT2D eigenvalue weighted by Gasteiger charge is 2.52. The number of hydrogen-bond donors (Lipinski definition) is 6. The number of alkyl halides is 6. The molecule has 0 radical (unpaired) electrons. The van der Waals surface area contributed by atoms with E-state index < -0.39 is 81.4 Å². The number of carbonyl (C=O) groups excluding carboxylic acids is 2. The van der Waals surface area contributed by atoms with Crippen LogP contribution in [0, 0.1) is 19.7 Å². The van der Waals surface area contributed by atoms with Crippen molar-refractivity contribution < 1.29 is 71.0 Å². The Hall–Kier alpha value is -4.39. The highest BCUT2D eigenvalue weighted by Crippen LogP contribution is 2.56. The minimum atomic E-state index is -5.84. The van der Waals surface area contributed by atoms with Crippen molar-refractivity contribution in [2.45, 2.75) is 70.7 Å². The van der Waals surface area contributed by atoms with E-state index in [1.807, 2.05) is 4.90 Å². The van der Waals surface area contributed by atoms with Crippen LogP contribution in [-0.4, -0.2) is 108 Å². The summed E-state index contributed by atoms with van der Waals surface area (Å²) in [7, 11) is 0.763. The molecule has 12 nitrogen and oxygen atoms in total. The maximum atomic E-state index is 14.7. The van der Waals surface area contributed by atoms with Gasteiger partial charge in [-0.05, 0) is 33.6 Å². The molecule has 19 heteroatoms. The van der Waals surface area contributed by atoms with Crippen LogP contribution < -0.4 is 0 Å². The number of rotatable bonds is 4. The number of piperazine rings is 1. The monoisotopic (exact) mass is 726 g/mol. The number of aliphatic hydroxyl groups is 1. The second-order valence-corrected chi connectivity index (χ2v) is 12.6. The first-order valence-electron chi connectivity index (χ1n) is 15.3. The van der Waals surface area contributed by atoms with Gasteiger partial charge in [0.15, 0.2) is 17.3 Å². The lowest BCUT2D eigenvalue weighted by Gasteiger charge is -2.48. The Bertz CT molecular complexity index is 1620. The molecular weight excluding hydrogens is 689 g/mol. The molecule has 0 saturated carbocycles. The van der Waals surface area contributed by atoms with Gasteiger partial charge in [-0.2, -0.15) is 26.3 Å². The SMILES string of the molecule is CC(=O)N1CCN(C2CCN(C(=O)N(C)C(C)(O)c3c(O)c(C(F)(F)F)c(O)c(C(F)(F)F)c3O)C(c3c(C)c(O)c(F)c(C)c3O)C2)CC1. The number of benzene rings is 2. The lowest BCUT2D eigenvalue weighted by Crippen LogP contribution is -2.57. The Balaban J connectivity index is 1.83. The molecule has 6 N–H and O–H groups in total. The summed E-state index contributed by atoms with van der Waals surface area (Å²) in [5, 5.41) is 64.1. The van der Waals surface area contributed by atoms with Gasteiger partial charge in [-0.3, -0.25) is 14.6 Å². The number of nitrogens with zero attached hydrogens (tertiary/aromatic N) is 4. The van der Waals surface area contributed by atoms with Crippen molar-refractivity contribution in [2.24, 2.45) is 0 Å². The smallest absolute Gasteiger partial charge is 0.423 e. The molecule has 0 spiro atoms. The summed E-state index contributed by atoms with van der Waals surface area (Å²) in [4.78, 5) is 30.9. The van der Waals surface area contributed by atoms with Gasteiger partial charge in [0.25, 0.3) is 0 Å². The second-order valence-electron chi connectivity index (χ2n) is 12.6. The zero-order chi connectivity index (χ0) is 38.0. The Kier molecular flexibility index (Phi) is 10.0. The van der Waals surface area contributed by atoms with Crippen molar-refractivity contribution in [1.82, 2.24) is 19.6 Å². The molecule has 0 aromatic heterocycles. The van der Waals surface area contributed by atoms with Gasteiger partial charge in [-0.15, -0.1) is 0 Å². The highest BCUT2D eigenvalue weighted by atomic mass is 19.4. The summed E-state index contributed by atoms with van der Waals surface area (Å²) < 4.78 is 97.9. The molecule has 3 unspecified atom stereocenters. The van der Waals surface area contributed by atoms with Crippen molar-refractivity contribution in [3.8, 4) is 28.7 Å². The van der Waals surface area contributed by atoms with Gasteiger partial charge in [-0.1, -0.05) is 0 Å². The highest BCUT2D eigenvalue weighted by molar-refractivity contribution is 5.77. The molecule has 2 aliphatic heterocycles. The van der Waals surface area contributed by atoms with Gasteiger partial charge >= 0.3 is 18.4 Å². The van der Waals surface area contributed by atoms with E-state index in [9.17, 15) is 71.0 Å². The molecule has 3 atom stereocenters. The fourth-order valence-electron chi connectivity index (χ4n) is 6.79. The number of halogens is 7. The summed E-state index contributed by atoms with van der Waals surface area (Å²) in [6.45, 7) is 5.74. The van der Waals surface area contributed by atoms with Gasteiger partial charge in [0.05, 0.1) is 11.6 Å². The third-order valence-corrected chi connectivity index (χ3v) is 9.74. The number of aromatic hydroxyl groups is 5. The zero-order valence-corrected chi connectivity index (χ0v) is 27.5. The standard InChI is InChI=1S/C31H37F7N4O8/c1-13-18(23(44)14(2)22(32)24(13)45)17-12-16(41-10-8-40(9-11-41)15(3)43)6-7-42(17)28(49)39(5)29(4,50)19-25(46)20(30(33,34)35)27(48)21(26(19)47)31(36,37)38/h16-17,44-48,50H,6-12H2,1-5H3. The van der Waals surface area contributed by atoms with Crippen LogP contribution in [-0.2, 0) is 22.9 Å². The van der Waals surface area contributed by atoms with Gasteiger partial charge in [0, 0.05) is 69.4 Å². The third-order valence-electron chi connectivity index (χ3n) is 9.74. The minimum absolute atomic E-state index is 0.00708. The van der Waals surface area contributed by atoms with E-state index in [1.165, 1.54) is 13.8 Å². The number of urea groups is 1. The van der Waals surface area contributed by atoms with Crippen molar-refractivity contribution >= 4 is 11.9 Å². The summed E-state index contributed by atoms with van der Waals surface area (Å²) in [6.07, 6.45) is -11.5. The maximum Gasteiger partial charge on any atom is 0.423 e. The van der Waals surface area contributed by atoms with Crippen LogP contribution in [0.15, 0.2) is 0 Å². The first kappa shape index (κ1) is 38.4. The average molecular weight is 727 g/mol. The minimum Gasteiger partial charge on any atom is -0.507 e. The number of amides is 3. The molecule has 0 aliphatic carbocycles. The molecule has 2 aromatic rings. The molecule has 2 saturated heterocycles. The first-order valence-corrected chi connectivity index (χ1v) is 15.3. The van der Waals surface area contributed by atoms with Gasteiger partial charge < -0.3 is 40.4 Å². The van der Waals surface area contributed by atoms with E-state index in [1.54, 1.807) is 4.90 Å². The van der Waals surface area contributed by atoms with Gasteiger partial charge in [0.1, 0.15) is 34.1 Å².